The van der Waals surface area contributed by atoms with Gasteiger partial charge in [-0.3, -0.25) is 14.7 Å². The Labute approximate surface area is 166 Å². The summed E-state index contributed by atoms with van der Waals surface area (Å²) in [6.45, 7) is 3.43. The van der Waals surface area contributed by atoms with Crippen LogP contribution >= 0.6 is 0 Å². The lowest BCUT2D eigenvalue weighted by molar-refractivity contribution is -0.135. The molecule has 4 rings (SSSR count). The molecule has 2 fully saturated rings. The highest BCUT2D eigenvalue weighted by Crippen LogP contribution is 2.38. The number of hydrogen-bond donors (Lipinski definition) is 0. The maximum atomic E-state index is 13.6. The molecule has 1 atom stereocenters. The number of nitrogens with zero attached hydrogens (tertiary/aromatic N) is 3. The van der Waals surface area contributed by atoms with Crippen LogP contribution in [0, 0.1) is 5.82 Å². The number of carbonyl (C=O) groups is 1. The highest BCUT2D eigenvalue weighted by atomic mass is 19.1. The summed E-state index contributed by atoms with van der Waals surface area (Å²) in [5.74, 6) is 0.0575. The number of amides is 1. The van der Waals surface area contributed by atoms with Crippen molar-refractivity contribution in [3.05, 3.63) is 65.7 Å². The summed E-state index contributed by atoms with van der Waals surface area (Å²) in [5.41, 5.74) is 2.17. The zero-order valence-electron chi connectivity index (χ0n) is 16.3. The van der Waals surface area contributed by atoms with E-state index in [1.807, 2.05) is 24.4 Å². The Kier molecular flexibility index (Phi) is 5.72. The Hall–Kier alpha value is -2.27. The summed E-state index contributed by atoms with van der Waals surface area (Å²) in [5, 5.41) is 0. The van der Waals surface area contributed by atoms with Crippen LogP contribution < -0.4 is 0 Å². The number of aromatic nitrogens is 1. The molecule has 1 amide bonds. The quantitative estimate of drug-likeness (QED) is 0.790. The first-order valence-electron chi connectivity index (χ1n) is 10.3. The normalized spacial score (nSPS) is 22.7. The smallest absolute Gasteiger partial charge is 0.222 e. The van der Waals surface area contributed by atoms with Crippen molar-refractivity contribution in [1.29, 1.82) is 0 Å². The van der Waals surface area contributed by atoms with Gasteiger partial charge in [-0.1, -0.05) is 18.2 Å². The van der Waals surface area contributed by atoms with Gasteiger partial charge in [0.2, 0.25) is 5.91 Å². The van der Waals surface area contributed by atoms with Crippen LogP contribution in [0.1, 0.15) is 43.2 Å². The van der Waals surface area contributed by atoms with Crippen LogP contribution in [0.2, 0.25) is 0 Å². The molecular weight excluding hydrogens is 353 g/mol. The summed E-state index contributed by atoms with van der Waals surface area (Å²) >= 11 is 0. The van der Waals surface area contributed by atoms with Crippen molar-refractivity contribution in [2.75, 3.05) is 19.6 Å². The van der Waals surface area contributed by atoms with E-state index in [1.165, 1.54) is 6.07 Å². The first-order chi connectivity index (χ1) is 13.6. The average molecular weight is 381 g/mol. The molecule has 28 heavy (non-hydrogen) atoms. The minimum atomic E-state index is -0.179. The van der Waals surface area contributed by atoms with E-state index >= 15 is 0 Å². The molecule has 3 heterocycles. The van der Waals surface area contributed by atoms with Crippen molar-refractivity contribution in [1.82, 2.24) is 14.8 Å². The molecule has 148 valence electrons. The molecule has 2 saturated heterocycles. The molecule has 1 unspecified atom stereocenters. The lowest BCUT2D eigenvalue weighted by atomic mass is 9.86. The maximum absolute atomic E-state index is 13.6. The Morgan fingerprint density at radius 3 is 2.71 bits per heavy atom. The van der Waals surface area contributed by atoms with E-state index < -0.39 is 0 Å². The van der Waals surface area contributed by atoms with Crippen molar-refractivity contribution in [2.45, 2.75) is 50.6 Å². The Balaban J connectivity index is 1.40. The predicted octanol–water partition coefficient (Wildman–Crippen LogP) is 3.81. The zero-order valence-corrected chi connectivity index (χ0v) is 16.3. The minimum Gasteiger partial charge on any atom is -0.341 e. The number of pyridine rings is 1. The van der Waals surface area contributed by atoms with Gasteiger partial charge in [0.1, 0.15) is 5.82 Å². The van der Waals surface area contributed by atoms with Crippen LogP contribution in [0.3, 0.4) is 0 Å². The molecular formula is C23H28FN3O. The topological polar surface area (TPSA) is 36.4 Å². The van der Waals surface area contributed by atoms with Crippen molar-refractivity contribution in [3.8, 4) is 0 Å². The van der Waals surface area contributed by atoms with Gasteiger partial charge in [0, 0.05) is 44.0 Å². The third kappa shape index (κ3) is 4.25. The number of aryl methyl sites for hydroxylation is 1. The van der Waals surface area contributed by atoms with Crippen LogP contribution in [0.5, 0.6) is 0 Å². The number of carbonyl (C=O) groups excluding carboxylic acids is 1. The van der Waals surface area contributed by atoms with Gasteiger partial charge in [-0.15, -0.1) is 0 Å². The first-order valence-corrected chi connectivity index (χ1v) is 10.3. The van der Waals surface area contributed by atoms with Crippen LogP contribution in [0.15, 0.2) is 48.8 Å². The molecule has 0 aliphatic carbocycles. The van der Waals surface area contributed by atoms with Gasteiger partial charge in [-0.2, -0.15) is 0 Å². The maximum Gasteiger partial charge on any atom is 0.222 e. The van der Waals surface area contributed by atoms with Crippen molar-refractivity contribution >= 4 is 5.91 Å². The van der Waals surface area contributed by atoms with E-state index in [1.54, 1.807) is 18.3 Å². The lowest BCUT2D eigenvalue weighted by Gasteiger charge is -2.46. The van der Waals surface area contributed by atoms with Gasteiger partial charge in [-0.25, -0.2) is 4.39 Å². The number of rotatable bonds is 5. The largest absolute Gasteiger partial charge is 0.341 e. The SMILES string of the molecule is O=C(CCc1cccnc1)N1CCCC2(CCCN2Cc2cccc(F)c2)C1. The summed E-state index contributed by atoms with van der Waals surface area (Å²) in [4.78, 5) is 21.5. The summed E-state index contributed by atoms with van der Waals surface area (Å²) in [7, 11) is 0. The number of hydrogen-bond acceptors (Lipinski definition) is 3. The fourth-order valence-corrected chi connectivity index (χ4v) is 4.84. The molecule has 1 aromatic heterocycles. The van der Waals surface area contributed by atoms with Gasteiger partial charge < -0.3 is 4.90 Å². The number of benzene rings is 1. The molecule has 0 bridgehead atoms. The molecule has 0 N–H and O–H groups in total. The molecule has 1 spiro atoms. The first kappa shape index (κ1) is 19.1. The van der Waals surface area contributed by atoms with Gasteiger partial charge in [0.15, 0.2) is 0 Å². The second-order valence-electron chi connectivity index (χ2n) is 8.16. The van der Waals surface area contributed by atoms with E-state index in [2.05, 4.69) is 14.8 Å². The second kappa shape index (κ2) is 8.39. The summed E-state index contributed by atoms with van der Waals surface area (Å²) < 4.78 is 13.6. The van der Waals surface area contributed by atoms with Crippen LogP contribution in [-0.2, 0) is 17.8 Å². The zero-order chi connectivity index (χ0) is 19.4. The monoisotopic (exact) mass is 381 g/mol. The van der Waals surface area contributed by atoms with E-state index in [-0.39, 0.29) is 17.3 Å². The van der Waals surface area contributed by atoms with Crippen LogP contribution in [-0.4, -0.2) is 45.9 Å². The Bertz CT molecular complexity index is 813. The third-order valence-corrected chi connectivity index (χ3v) is 6.26. The molecule has 2 aliphatic rings. The third-order valence-electron chi connectivity index (χ3n) is 6.26. The van der Waals surface area contributed by atoms with E-state index in [4.69, 9.17) is 0 Å². The van der Waals surface area contributed by atoms with Gasteiger partial charge >= 0.3 is 0 Å². The Morgan fingerprint density at radius 2 is 1.93 bits per heavy atom. The average Bonchev–Trinajstić information content (AvgIpc) is 3.08. The molecule has 0 saturated carbocycles. The molecule has 5 heteroatoms. The molecule has 4 nitrogen and oxygen atoms in total. The van der Waals surface area contributed by atoms with Crippen LogP contribution in [0.25, 0.3) is 0 Å². The predicted molar refractivity (Wildman–Crippen MR) is 107 cm³/mol. The number of piperidine rings is 1. The van der Waals surface area contributed by atoms with Crippen LogP contribution in [0.4, 0.5) is 4.39 Å². The highest BCUT2D eigenvalue weighted by molar-refractivity contribution is 5.76. The Morgan fingerprint density at radius 1 is 1.11 bits per heavy atom. The van der Waals surface area contributed by atoms with Crippen molar-refractivity contribution in [2.24, 2.45) is 0 Å². The number of halogens is 1. The fourth-order valence-electron chi connectivity index (χ4n) is 4.84. The fraction of sp³-hybridized carbons (Fsp3) is 0.478. The van der Waals surface area contributed by atoms with E-state index in [0.717, 1.165) is 69.4 Å². The summed E-state index contributed by atoms with van der Waals surface area (Å²) in [6.07, 6.45) is 9.29. The lowest BCUT2D eigenvalue weighted by Crippen LogP contribution is -2.56. The molecule has 0 radical (unpaired) electrons. The molecule has 1 aromatic carbocycles. The van der Waals surface area contributed by atoms with Gasteiger partial charge in [-0.05, 0) is 68.0 Å². The highest BCUT2D eigenvalue weighted by Gasteiger charge is 2.44. The molecule has 2 aliphatic heterocycles. The number of likely N-dealkylation sites (tertiary alicyclic amines) is 2. The van der Waals surface area contributed by atoms with Gasteiger partial charge in [0.05, 0.1) is 0 Å². The minimum absolute atomic E-state index is 0.0501. The standard InChI is InChI=1S/C23H28FN3O/c24-21-7-1-5-20(15-21)17-27-14-4-11-23(27)10-3-13-26(18-23)22(28)9-8-19-6-2-12-25-16-19/h1-2,5-7,12,15-16H,3-4,8-11,13-14,17-18H2. The summed E-state index contributed by atoms with van der Waals surface area (Å²) in [6, 6.07) is 10.8. The van der Waals surface area contributed by atoms with E-state index in [0.29, 0.717) is 6.42 Å². The van der Waals surface area contributed by atoms with Crippen molar-refractivity contribution in [3.63, 3.8) is 0 Å². The second-order valence-corrected chi connectivity index (χ2v) is 8.16. The molecule has 2 aromatic rings. The van der Waals surface area contributed by atoms with Gasteiger partial charge in [0.25, 0.3) is 0 Å². The van der Waals surface area contributed by atoms with E-state index in [9.17, 15) is 9.18 Å². The van der Waals surface area contributed by atoms with Crippen molar-refractivity contribution < 1.29 is 9.18 Å².